The number of benzene rings is 2. The largest absolute Gasteiger partial charge is 0.478 e. The Balaban J connectivity index is 1.60. The molecule has 0 spiro atoms. The Morgan fingerprint density at radius 1 is 1.17 bits per heavy atom. The smallest absolute Gasteiger partial charge is 0.352 e. The lowest BCUT2D eigenvalue weighted by Gasteiger charge is -2.36. The molecule has 4 rings (SSSR count). The van der Waals surface area contributed by atoms with E-state index in [1.54, 1.807) is 16.7 Å². The van der Waals surface area contributed by atoms with Crippen LogP contribution in [0.3, 0.4) is 0 Å². The maximum Gasteiger partial charge on any atom is 0.352 e. The average Bonchev–Trinajstić information content (AvgIpc) is 3.06. The number of hydrogen-bond donors (Lipinski definition) is 3. The molecule has 0 aromatic heterocycles. The number of piperidine rings is 1. The topological polar surface area (TPSA) is 89.9 Å². The zero-order valence-corrected chi connectivity index (χ0v) is 16.8. The monoisotopic (exact) mass is 410 g/mol. The number of para-hydroxylation sites is 1. The minimum absolute atomic E-state index is 0.119. The molecule has 29 heavy (non-hydrogen) atoms. The highest BCUT2D eigenvalue weighted by atomic mass is 32.2. The molecular formula is C22H22N2O4S. The first-order valence-corrected chi connectivity index (χ1v) is 10.3. The Bertz CT molecular complexity index is 987. The summed E-state index contributed by atoms with van der Waals surface area (Å²) in [4.78, 5) is 26.6. The van der Waals surface area contributed by atoms with E-state index in [1.165, 1.54) is 10.5 Å². The van der Waals surface area contributed by atoms with Crippen molar-refractivity contribution in [1.29, 1.82) is 0 Å². The van der Waals surface area contributed by atoms with Crippen molar-refractivity contribution < 1.29 is 19.8 Å². The molecule has 2 heterocycles. The van der Waals surface area contributed by atoms with Crippen LogP contribution in [-0.2, 0) is 9.59 Å². The molecule has 1 fully saturated rings. The number of rotatable bonds is 5. The number of aliphatic carboxylic acids is 2. The predicted molar refractivity (Wildman–Crippen MR) is 111 cm³/mol. The van der Waals surface area contributed by atoms with Gasteiger partial charge in [0.1, 0.15) is 5.70 Å². The maximum atomic E-state index is 11.6. The Hall–Kier alpha value is -2.93. The lowest BCUT2D eigenvalue weighted by molar-refractivity contribution is -0.136. The average molecular weight is 410 g/mol. The summed E-state index contributed by atoms with van der Waals surface area (Å²) in [6.07, 6.45) is 1.54. The number of fused-ring (bicyclic) bond motifs is 3. The summed E-state index contributed by atoms with van der Waals surface area (Å²) in [5, 5.41) is 22.1. The molecule has 2 aromatic carbocycles. The Morgan fingerprint density at radius 2 is 1.93 bits per heavy atom. The second-order valence-electron chi connectivity index (χ2n) is 7.40. The van der Waals surface area contributed by atoms with Crippen LogP contribution in [0.2, 0.25) is 0 Å². The van der Waals surface area contributed by atoms with Gasteiger partial charge in [-0.15, -0.1) is 0 Å². The molecule has 0 amide bonds. The highest BCUT2D eigenvalue weighted by Crippen LogP contribution is 2.46. The molecule has 6 nitrogen and oxygen atoms in total. The fraction of sp³-hybridized carbons (Fsp3) is 0.273. The molecule has 0 bridgehead atoms. The quantitative estimate of drug-likeness (QED) is 0.646. The van der Waals surface area contributed by atoms with Crippen molar-refractivity contribution in [2.24, 2.45) is 0 Å². The van der Waals surface area contributed by atoms with Crippen molar-refractivity contribution in [2.75, 3.05) is 18.4 Å². The van der Waals surface area contributed by atoms with Gasteiger partial charge in [0.05, 0.1) is 11.8 Å². The minimum atomic E-state index is -1.24. The number of carboxylic acids is 2. The van der Waals surface area contributed by atoms with Crippen LogP contribution < -0.4 is 5.32 Å². The molecular weight excluding hydrogens is 388 g/mol. The highest BCUT2D eigenvalue weighted by molar-refractivity contribution is 7.99. The summed E-state index contributed by atoms with van der Waals surface area (Å²) < 4.78 is 0. The van der Waals surface area contributed by atoms with Gasteiger partial charge in [0.2, 0.25) is 0 Å². The molecule has 0 aliphatic carbocycles. The fourth-order valence-electron chi connectivity index (χ4n) is 4.08. The lowest BCUT2D eigenvalue weighted by atomic mass is 9.89. The van der Waals surface area contributed by atoms with Gasteiger partial charge in [-0.2, -0.15) is 0 Å². The Kier molecular flexibility index (Phi) is 5.24. The third kappa shape index (κ3) is 3.96. The number of carbonyl (C=O) groups is 2. The first-order chi connectivity index (χ1) is 13.9. The van der Waals surface area contributed by atoms with E-state index >= 15 is 0 Å². The van der Waals surface area contributed by atoms with Crippen LogP contribution in [-0.4, -0.2) is 46.2 Å². The SMILES string of the molecule is Cc1ccc(Sc2cccc3c2N[C@@H]2CCN(C(=CC(=O)O)C(=O)O)C[C@H]32)cc1. The van der Waals surface area contributed by atoms with Crippen molar-refractivity contribution in [2.45, 2.75) is 35.1 Å². The third-order valence-electron chi connectivity index (χ3n) is 5.47. The first-order valence-electron chi connectivity index (χ1n) is 9.49. The molecule has 150 valence electrons. The number of anilines is 1. The van der Waals surface area contributed by atoms with E-state index in [9.17, 15) is 14.7 Å². The van der Waals surface area contributed by atoms with E-state index < -0.39 is 11.9 Å². The number of nitrogens with one attached hydrogen (secondary N) is 1. The third-order valence-corrected chi connectivity index (χ3v) is 6.54. The number of nitrogens with zero attached hydrogens (tertiary/aromatic N) is 1. The molecule has 0 radical (unpaired) electrons. The van der Waals surface area contributed by atoms with Gasteiger partial charge in [0.15, 0.2) is 0 Å². The molecule has 2 aliphatic rings. The fourth-order valence-corrected chi connectivity index (χ4v) is 5.03. The summed E-state index contributed by atoms with van der Waals surface area (Å²) >= 11 is 1.71. The Labute approximate surface area is 173 Å². The number of carboxylic acid groups (broad SMARTS) is 2. The summed E-state index contributed by atoms with van der Waals surface area (Å²) in [7, 11) is 0. The van der Waals surface area contributed by atoms with Gasteiger partial charge < -0.3 is 20.4 Å². The van der Waals surface area contributed by atoms with Crippen LogP contribution in [0.25, 0.3) is 0 Å². The van der Waals surface area contributed by atoms with Gasteiger partial charge in [0.25, 0.3) is 0 Å². The van der Waals surface area contributed by atoms with Gasteiger partial charge >= 0.3 is 11.9 Å². The maximum absolute atomic E-state index is 11.6. The van der Waals surface area contributed by atoms with Gasteiger partial charge in [0, 0.05) is 34.8 Å². The van der Waals surface area contributed by atoms with E-state index in [-0.39, 0.29) is 17.7 Å². The molecule has 0 saturated carbocycles. The normalized spacial score (nSPS) is 20.6. The first kappa shape index (κ1) is 19.4. The van der Waals surface area contributed by atoms with Crippen molar-refractivity contribution in [3.8, 4) is 0 Å². The van der Waals surface area contributed by atoms with Crippen LogP contribution >= 0.6 is 11.8 Å². The molecule has 2 aromatic rings. The molecule has 7 heteroatoms. The minimum Gasteiger partial charge on any atom is -0.478 e. The lowest BCUT2D eigenvalue weighted by Crippen LogP contribution is -2.43. The molecule has 1 saturated heterocycles. The van der Waals surface area contributed by atoms with Crippen molar-refractivity contribution in [1.82, 2.24) is 4.90 Å². The van der Waals surface area contributed by atoms with Gasteiger partial charge in [-0.05, 0) is 37.1 Å². The van der Waals surface area contributed by atoms with E-state index in [0.29, 0.717) is 13.1 Å². The van der Waals surface area contributed by atoms with Crippen LogP contribution in [0.5, 0.6) is 0 Å². The standard InChI is InChI=1S/C22H22N2O4S/c1-13-5-7-14(8-6-13)29-19-4-2-3-15-16-12-24(10-9-17(16)23-21(15)19)18(22(27)28)11-20(25)26/h2-8,11,16-17,23H,9-10,12H2,1H3,(H,25,26)(H,27,28)/t16-,17-/m1/s1. The summed E-state index contributed by atoms with van der Waals surface area (Å²) in [6, 6.07) is 14.8. The highest BCUT2D eigenvalue weighted by Gasteiger charge is 2.39. The molecule has 0 unspecified atom stereocenters. The zero-order chi connectivity index (χ0) is 20.5. The summed E-state index contributed by atoms with van der Waals surface area (Å²) in [6.45, 7) is 3.06. The van der Waals surface area contributed by atoms with Crippen LogP contribution in [0.1, 0.15) is 23.5 Å². The molecule has 3 N–H and O–H groups in total. The summed E-state index contributed by atoms with van der Waals surface area (Å²) in [5.41, 5.74) is 3.33. The second-order valence-corrected chi connectivity index (χ2v) is 8.52. The van der Waals surface area contributed by atoms with Crippen LogP contribution in [0, 0.1) is 6.92 Å². The van der Waals surface area contributed by atoms with E-state index in [2.05, 4.69) is 48.6 Å². The second kappa shape index (κ2) is 7.83. The van der Waals surface area contributed by atoms with Crippen molar-refractivity contribution in [3.05, 3.63) is 65.4 Å². The number of hydrogen-bond acceptors (Lipinski definition) is 5. The van der Waals surface area contributed by atoms with Gasteiger partial charge in [-0.1, -0.05) is 41.6 Å². The van der Waals surface area contributed by atoms with Crippen LogP contribution in [0.4, 0.5) is 5.69 Å². The summed E-state index contributed by atoms with van der Waals surface area (Å²) in [5.74, 6) is -2.33. The van der Waals surface area contributed by atoms with Gasteiger partial charge in [-0.3, -0.25) is 0 Å². The number of aryl methyl sites for hydroxylation is 1. The van der Waals surface area contributed by atoms with Crippen LogP contribution in [0.15, 0.2) is 64.0 Å². The van der Waals surface area contributed by atoms with Gasteiger partial charge in [-0.25, -0.2) is 9.59 Å². The predicted octanol–water partition coefficient (Wildman–Crippen LogP) is 3.78. The van der Waals surface area contributed by atoms with E-state index in [4.69, 9.17) is 5.11 Å². The molecule has 2 atom stereocenters. The van der Waals surface area contributed by atoms with Crippen molar-refractivity contribution >= 4 is 29.4 Å². The Morgan fingerprint density at radius 3 is 2.62 bits per heavy atom. The van der Waals surface area contributed by atoms with Crippen molar-refractivity contribution in [3.63, 3.8) is 0 Å². The van der Waals surface area contributed by atoms with E-state index in [1.807, 2.05) is 6.07 Å². The number of likely N-dealkylation sites (tertiary alicyclic amines) is 1. The molecule has 2 aliphatic heterocycles. The van der Waals surface area contributed by atoms with E-state index in [0.717, 1.165) is 28.6 Å². The zero-order valence-electron chi connectivity index (χ0n) is 16.0.